The van der Waals surface area contributed by atoms with Crippen LogP contribution in [0.2, 0.25) is 0 Å². The maximum atomic E-state index is 12.8. The summed E-state index contributed by atoms with van der Waals surface area (Å²) in [5.74, 6) is 0.144. The number of nitrogen functional groups attached to an aromatic ring is 1. The van der Waals surface area contributed by atoms with E-state index in [1.54, 1.807) is 0 Å². The average Bonchev–Trinajstić information content (AvgIpc) is 3.00. The summed E-state index contributed by atoms with van der Waals surface area (Å²) in [6.45, 7) is 3.97. The quantitative estimate of drug-likeness (QED) is 0.799. The Morgan fingerprint density at radius 2 is 1.64 bits per heavy atom. The normalized spacial score (nSPS) is 15.6. The molecule has 1 saturated heterocycles. The van der Waals surface area contributed by atoms with Crippen molar-refractivity contribution >= 4 is 22.6 Å². The van der Waals surface area contributed by atoms with Crippen LogP contribution in [-0.4, -0.2) is 41.9 Å². The summed E-state index contributed by atoms with van der Waals surface area (Å²) in [7, 11) is 0. The van der Waals surface area contributed by atoms with Gasteiger partial charge in [-0.3, -0.25) is 9.69 Å². The van der Waals surface area contributed by atoms with Crippen LogP contribution in [0.1, 0.15) is 16.1 Å². The topological polar surface area (TPSA) is 62.7 Å². The Labute approximate surface area is 146 Å². The first kappa shape index (κ1) is 15.7. The zero-order chi connectivity index (χ0) is 17.2. The van der Waals surface area contributed by atoms with E-state index in [9.17, 15) is 4.79 Å². The van der Waals surface area contributed by atoms with Gasteiger partial charge in [-0.25, -0.2) is 0 Å². The highest BCUT2D eigenvalue weighted by molar-refractivity contribution is 6.05. The van der Waals surface area contributed by atoms with Crippen LogP contribution >= 0.6 is 0 Å². The van der Waals surface area contributed by atoms with Crippen molar-refractivity contribution in [3.8, 4) is 0 Å². The number of carbonyl (C=O) groups is 1. The van der Waals surface area contributed by atoms with E-state index >= 15 is 0 Å². The molecule has 0 aliphatic carbocycles. The van der Waals surface area contributed by atoms with E-state index in [2.05, 4.69) is 29.2 Å². The van der Waals surface area contributed by atoms with Crippen LogP contribution in [-0.2, 0) is 6.54 Å². The van der Waals surface area contributed by atoms with Crippen molar-refractivity contribution in [2.24, 2.45) is 0 Å². The number of para-hydroxylation sites is 1. The third kappa shape index (κ3) is 3.10. The number of carbonyl (C=O) groups excluding carboxylic acids is 1. The summed E-state index contributed by atoms with van der Waals surface area (Å²) in [4.78, 5) is 17.0. The summed E-state index contributed by atoms with van der Waals surface area (Å²) < 4.78 is 5.71. The molecule has 2 N–H and O–H groups in total. The van der Waals surface area contributed by atoms with Crippen LogP contribution in [0.25, 0.3) is 11.0 Å². The Hall–Kier alpha value is -2.79. The minimum Gasteiger partial charge on any atom is -0.449 e. The second-order valence-electron chi connectivity index (χ2n) is 6.39. The molecule has 1 aliphatic heterocycles. The zero-order valence-corrected chi connectivity index (χ0v) is 14.0. The smallest absolute Gasteiger partial charge is 0.291 e. The van der Waals surface area contributed by atoms with Crippen LogP contribution < -0.4 is 5.73 Å². The maximum absolute atomic E-state index is 12.8. The van der Waals surface area contributed by atoms with Gasteiger partial charge in [-0.1, -0.05) is 42.5 Å². The molecule has 5 heteroatoms. The number of rotatable bonds is 3. The summed E-state index contributed by atoms with van der Waals surface area (Å²) in [6, 6.07) is 17.9. The van der Waals surface area contributed by atoms with Crippen molar-refractivity contribution in [3.05, 3.63) is 65.9 Å². The van der Waals surface area contributed by atoms with Gasteiger partial charge in [-0.05, 0) is 17.7 Å². The van der Waals surface area contributed by atoms with Crippen LogP contribution in [0.4, 0.5) is 5.69 Å². The molecule has 1 amide bonds. The van der Waals surface area contributed by atoms with E-state index in [0.29, 0.717) is 24.4 Å². The molecule has 0 unspecified atom stereocenters. The van der Waals surface area contributed by atoms with Gasteiger partial charge in [0.25, 0.3) is 5.91 Å². The molecule has 0 atom stereocenters. The number of fused-ring (bicyclic) bond motifs is 1. The van der Waals surface area contributed by atoms with Crippen molar-refractivity contribution in [1.29, 1.82) is 0 Å². The molecule has 5 nitrogen and oxygen atoms in total. The highest BCUT2D eigenvalue weighted by Crippen LogP contribution is 2.29. The molecule has 1 fully saturated rings. The van der Waals surface area contributed by atoms with Crippen LogP contribution in [0.3, 0.4) is 0 Å². The van der Waals surface area contributed by atoms with Gasteiger partial charge >= 0.3 is 0 Å². The third-order valence-corrected chi connectivity index (χ3v) is 4.74. The molecule has 25 heavy (non-hydrogen) atoms. The minimum atomic E-state index is -0.118. The molecule has 2 aromatic carbocycles. The first-order valence-corrected chi connectivity index (χ1v) is 8.55. The van der Waals surface area contributed by atoms with E-state index in [-0.39, 0.29) is 11.7 Å². The van der Waals surface area contributed by atoms with Crippen molar-refractivity contribution in [2.75, 3.05) is 31.9 Å². The van der Waals surface area contributed by atoms with Crippen LogP contribution in [0.5, 0.6) is 0 Å². The molecule has 0 bridgehead atoms. The summed E-state index contributed by atoms with van der Waals surface area (Å²) in [5, 5.41) is 0.800. The monoisotopic (exact) mass is 335 g/mol. The standard InChI is InChI=1S/C20H21N3O2/c21-18-16-8-4-5-9-17(16)25-19(18)20(24)23-12-10-22(11-13-23)14-15-6-2-1-3-7-15/h1-9H,10-14,21H2. The number of hydrogen-bond acceptors (Lipinski definition) is 4. The summed E-state index contributed by atoms with van der Waals surface area (Å²) in [5.41, 5.74) is 8.52. The molecule has 128 valence electrons. The minimum absolute atomic E-state index is 0.118. The Kier molecular flexibility index (Phi) is 4.15. The number of anilines is 1. The molecule has 4 rings (SSSR count). The van der Waals surface area contributed by atoms with Crippen LogP contribution in [0, 0.1) is 0 Å². The van der Waals surface area contributed by atoms with Gasteiger partial charge in [0.1, 0.15) is 5.58 Å². The van der Waals surface area contributed by atoms with Crippen LogP contribution in [0.15, 0.2) is 59.0 Å². The van der Waals surface area contributed by atoms with Gasteiger partial charge < -0.3 is 15.1 Å². The second-order valence-corrected chi connectivity index (χ2v) is 6.39. The second kappa shape index (κ2) is 6.61. The molecular formula is C20H21N3O2. The number of amides is 1. The molecule has 1 aliphatic rings. The number of piperazine rings is 1. The van der Waals surface area contributed by atoms with Gasteiger partial charge in [0, 0.05) is 38.1 Å². The van der Waals surface area contributed by atoms with Crippen molar-refractivity contribution in [3.63, 3.8) is 0 Å². The van der Waals surface area contributed by atoms with Gasteiger partial charge in [-0.2, -0.15) is 0 Å². The third-order valence-electron chi connectivity index (χ3n) is 4.74. The molecular weight excluding hydrogens is 314 g/mol. The lowest BCUT2D eigenvalue weighted by Gasteiger charge is -2.34. The Morgan fingerprint density at radius 3 is 2.36 bits per heavy atom. The number of nitrogens with zero attached hydrogens (tertiary/aromatic N) is 2. The fourth-order valence-corrected chi connectivity index (χ4v) is 3.32. The van der Waals surface area contributed by atoms with Gasteiger partial charge in [0.15, 0.2) is 0 Å². The summed E-state index contributed by atoms with van der Waals surface area (Å²) in [6.07, 6.45) is 0. The van der Waals surface area contributed by atoms with Gasteiger partial charge in [0.2, 0.25) is 5.76 Å². The van der Waals surface area contributed by atoms with E-state index in [0.717, 1.165) is 25.0 Å². The molecule has 1 aromatic heterocycles. The Morgan fingerprint density at radius 1 is 0.960 bits per heavy atom. The number of furan rings is 1. The predicted molar refractivity (Wildman–Crippen MR) is 98.2 cm³/mol. The SMILES string of the molecule is Nc1c(C(=O)N2CCN(Cc3ccccc3)CC2)oc2ccccc12. The van der Waals surface area contributed by atoms with E-state index in [1.807, 2.05) is 35.2 Å². The number of benzene rings is 2. The zero-order valence-electron chi connectivity index (χ0n) is 14.0. The van der Waals surface area contributed by atoms with E-state index in [4.69, 9.17) is 10.2 Å². The van der Waals surface area contributed by atoms with E-state index < -0.39 is 0 Å². The first-order valence-electron chi connectivity index (χ1n) is 8.55. The highest BCUT2D eigenvalue weighted by Gasteiger charge is 2.27. The molecule has 2 heterocycles. The van der Waals surface area contributed by atoms with Gasteiger partial charge in [-0.15, -0.1) is 0 Å². The predicted octanol–water partition coefficient (Wildman–Crippen LogP) is 2.97. The lowest BCUT2D eigenvalue weighted by molar-refractivity contribution is 0.0601. The first-order chi connectivity index (χ1) is 12.2. The number of hydrogen-bond donors (Lipinski definition) is 1. The molecule has 0 saturated carbocycles. The molecule has 0 spiro atoms. The Bertz CT molecular complexity index is 880. The van der Waals surface area contributed by atoms with Crippen molar-refractivity contribution in [1.82, 2.24) is 9.80 Å². The van der Waals surface area contributed by atoms with E-state index in [1.165, 1.54) is 5.56 Å². The summed E-state index contributed by atoms with van der Waals surface area (Å²) >= 11 is 0. The average molecular weight is 335 g/mol. The Balaban J connectivity index is 1.43. The van der Waals surface area contributed by atoms with Gasteiger partial charge in [0.05, 0.1) is 5.69 Å². The molecule has 0 radical (unpaired) electrons. The largest absolute Gasteiger partial charge is 0.449 e. The number of nitrogens with two attached hydrogens (primary N) is 1. The highest BCUT2D eigenvalue weighted by atomic mass is 16.3. The lowest BCUT2D eigenvalue weighted by atomic mass is 10.2. The molecule has 3 aromatic rings. The fraction of sp³-hybridized carbons (Fsp3) is 0.250. The van der Waals surface area contributed by atoms with Crippen molar-refractivity contribution < 1.29 is 9.21 Å². The van der Waals surface area contributed by atoms with Crippen molar-refractivity contribution in [2.45, 2.75) is 6.54 Å². The lowest BCUT2D eigenvalue weighted by Crippen LogP contribution is -2.48. The fourth-order valence-electron chi connectivity index (χ4n) is 3.32. The maximum Gasteiger partial charge on any atom is 0.291 e.